The molecule has 6 nitrogen and oxygen atoms in total. The van der Waals surface area contributed by atoms with Crippen molar-refractivity contribution < 1.29 is 4.79 Å². The minimum absolute atomic E-state index is 0.104. The molecule has 7 heteroatoms. The molecule has 4 rings (SSSR count). The summed E-state index contributed by atoms with van der Waals surface area (Å²) in [4.78, 5) is 36.3. The van der Waals surface area contributed by atoms with Crippen LogP contribution in [-0.2, 0) is 17.8 Å². The number of nitrogens with zero attached hydrogens (tertiary/aromatic N) is 3. The Hall–Kier alpha value is -2.70. The first kappa shape index (κ1) is 19.6. The Morgan fingerprint density at radius 2 is 1.76 bits per heavy atom. The highest BCUT2D eigenvalue weighted by Crippen LogP contribution is 2.14. The molecule has 1 amide bonds. The van der Waals surface area contributed by atoms with Crippen molar-refractivity contribution in [2.24, 2.45) is 0 Å². The van der Waals surface area contributed by atoms with E-state index in [4.69, 9.17) is 11.6 Å². The fourth-order valence-electron chi connectivity index (χ4n) is 3.64. The maximum absolute atomic E-state index is 12.6. The molecule has 0 saturated carbocycles. The molecular weight excluding hydrogens is 388 g/mol. The van der Waals surface area contributed by atoms with Gasteiger partial charge in [0.2, 0.25) is 5.91 Å². The van der Waals surface area contributed by atoms with Crippen LogP contribution in [0.5, 0.6) is 0 Å². The molecule has 1 aliphatic rings. The molecule has 0 atom stereocenters. The van der Waals surface area contributed by atoms with Crippen molar-refractivity contribution in [2.75, 3.05) is 26.2 Å². The number of H-pyrrole nitrogens is 1. The second-order valence-electron chi connectivity index (χ2n) is 7.31. The zero-order chi connectivity index (χ0) is 20.2. The molecule has 0 radical (unpaired) electrons. The summed E-state index contributed by atoms with van der Waals surface area (Å²) in [5.74, 6) is 0.662. The summed E-state index contributed by atoms with van der Waals surface area (Å²) in [5.41, 5.74) is 1.73. The van der Waals surface area contributed by atoms with Gasteiger partial charge in [0.15, 0.2) is 0 Å². The lowest BCUT2D eigenvalue weighted by atomic mass is 10.2. The average molecular weight is 411 g/mol. The molecule has 2 aromatic carbocycles. The maximum atomic E-state index is 12.6. The number of nitrogens with one attached hydrogen (secondary N) is 1. The summed E-state index contributed by atoms with van der Waals surface area (Å²) in [5, 5.41) is 1.31. The van der Waals surface area contributed by atoms with Crippen LogP contribution in [0.1, 0.15) is 17.8 Å². The summed E-state index contributed by atoms with van der Waals surface area (Å²) in [6, 6.07) is 15.1. The summed E-state index contributed by atoms with van der Waals surface area (Å²) in [7, 11) is 0. The van der Waals surface area contributed by atoms with E-state index < -0.39 is 0 Å². The zero-order valence-corrected chi connectivity index (χ0v) is 16.9. The Kier molecular flexibility index (Phi) is 5.92. The lowest BCUT2D eigenvalue weighted by Gasteiger charge is -2.34. The van der Waals surface area contributed by atoms with Crippen LogP contribution in [0.4, 0.5) is 0 Å². The molecule has 0 aliphatic carbocycles. The minimum Gasteiger partial charge on any atom is -0.340 e. The first-order chi connectivity index (χ1) is 14.1. The van der Waals surface area contributed by atoms with E-state index in [0.29, 0.717) is 42.7 Å². The van der Waals surface area contributed by atoms with Crippen LogP contribution in [0.2, 0.25) is 5.02 Å². The third-order valence-corrected chi connectivity index (χ3v) is 5.53. The number of carbonyl (C=O) groups excluding carboxylic acids is 1. The maximum Gasteiger partial charge on any atom is 0.258 e. The molecule has 3 aromatic rings. The van der Waals surface area contributed by atoms with Gasteiger partial charge in [-0.1, -0.05) is 35.9 Å². The van der Waals surface area contributed by atoms with E-state index in [-0.39, 0.29) is 11.5 Å². The lowest BCUT2D eigenvalue weighted by Crippen LogP contribution is -2.48. The highest BCUT2D eigenvalue weighted by molar-refractivity contribution is 6.30. The molecule has 150 valence electrons. The zero-order valence-electron chi connectivity index (χ0n) is 16.1. The van der Waals surface area contributed by atoms with Gasteiger partial charge in [-0.25, -0.2) is 4.98 Å². The van der Waals surface area contributed by atoms with Gasteiger partial charge in [-0.15, -0.1) is 0 Å². The Morgan fingerprint density at radius 1 is 1.03 bits per heavy atom. The van der Waals surface area contributed by atoms with Gasteiger partial charge in [0.05, 0.1) is 10.9 Å². The molecule has 0 spiro atoms. The van der Waals surface area contributed by atoms with Gasteiger partial charge < -0.3 is 9.88 Å². The first-order valence-corrected chi connectivity index (χ1v) is 10.2. The fraction of sp³-hybridized carbons (Fsp3) is 0.318. The topological polar surface area (TPSA) is 69.3 Å². The number of aromatic nitrogens is 2. The number of para-hydroxylation sites is 1. The molecule has 0 unspecified atom stereocenters. The predicted molar refractivity (Wildman–Crippen MR) is 114 cm³/mol. The van der Waals surface area contributed by atoms with Crippen LogP contribution in [0.15, 0.2) is 53.3 Å². The number of halogens is 1. The number of amides is 1. The van der Waals surface area contributed by atoms with E-state index >= 15 is 0 Å². The Labute approximate surface area is 174 Å². The lowest BCUT2D eigenvalue weighted by molar-refractivity contribution is -0.133. The first-order valence-electron chi connectivity index (χ1n) is 9.81. The number of aryl methyl sites for hydroxylation is 1. The third-order valence-electron chi connectivity index (χ3n) is 5.28. The number of rotatable bonds is 5. The SMILES string of the molecule is O=C(CCc1nc2ccccc2c(=O)[nH]1)N1CCN(Cc2ccc(Cl)cc2)CC1. The number of piperazine rings is 1. The summed E-state index contributed by atoms with van der Waals surface area (Å²) in [6.07, 6.45) is 0.780. The number of hydrogen-bond donors (Lipinski definition) is 1. The van der Waals surface area contributed by atoms with E-state index in [1.54, 1.807) is 6.07 Å². The Balaban J connectivity index is 1.29. The molecule has 1 aliphatic heterocycles. The molecule has 1 fully saturated rings. The number of aromatic amines is 1. The van der Waals surface area contributed by atoms with Crippen LogP contribution >= 0.6 is 11.6 Å². The minimum atomic E-state index is -0.158. The molecule has 1 aromatic heterocycles. The highest BCUT2D eigenvalue weighted by atomic mass is 35.5. The fourth-order valence-corrected chi connectivity index (χ4v) is 3.77. The summed E-state index contributed by atoms with van der Waals surface area (Å²) >= 11 is 5.94. The van der Waals surface area contributed by atoms with E-state index in [0.717, 1.165) is 24.7 Å². The third kappa shape index (κ3) is 4.83. The Morgan fingerprint density at radius 3 is 2.52 bits per heavy atom. The smallest absolute Gasteiger partial charge is 0.258 e. The van der Waals surface area contributed by atoms with Crippen molar-refractivity contribution in [3.05, 3.63) is 75.3 Å². The molecule has 0 bridgehead atoms. The van der Waals surface area contributed by atoms with Gasteiger partial charge in [0.25, 0.3) is 5.56 Å². The highest BCUT2D eigenvalue weighted by Gasteiger charge is 2.21. The van der Waals surface area contributed by atoms with Crippen LogP contribution in [0.25, 0.3) is 10.9 Å². The van der Waals surface area contributed by atoms with Crippen molar-refractivity contribution in [3.63, 3.8) is 0 Å². The Bertz CT molecular complexity index is 1060. The molecular formula is C22H23ClN4O2. The van der Waals surface area contributed by atoms with Gasteiger partial charge in [-0.3, -0.25) is 14.5 Å². The van der Waals surface area contributed by atoms with Crippen molar-refractivity contribution in [3.8, 4) is 0 Å². The van der Waals surface area contributed by atoms with Gasteiger partial charge in [0, 0.05) is 50.6 Å². The van der Waals surface area contributed by atoms with E-state index in [1.807, 2.05) is 47.4 Å². The van der Waals surface area contributed by atoms with Crippen LogP contribution in [-0.4, -0.2) is 51.9 Å². The molecule has 2 heterocycles. The van der Waals surface area contributed by atoms with Crippen molar-refractivity contribution in [1.82, 2.24) is 19.8 Å². The van der Waals surface area contributed by atoms with Crippen molar-refractivity contribution in [2.45, 2.75) is 19.4 Å². The van der Waals surface area contributed by atoms with Crippen LogP contribution < -0.4 is 5.56 Å². The number of benzene rings is 2. The second kappa shape index (κ2) is 8.76. The molecule has 1 N–H and O–H groups in total. The van der Waals surface area contributed by atoms with Crippen molar-refractivity contribution >= 4 is 28.4 Å². The van der Waals surface area contributed by atoms with Crippen LogP contribution in [0, 0.1) is 0 Å². The molecule has 29 heavy (non-hydrogen) atoms. The van der Waals surface area contributed by atoms with E-state index in [2.05, 4.69) is 14.9 Å². The van der Waals surface area contributed by atoms with E-state index in [1.165, 1.54) is 5.56 Å². The predicted octanol–water partition coefficient (Wildman–Crippen LogP) is 2.85. The molecule has 1 saturated heterocycles. The number of fused-ring (bicyclic) bond motifs is 1. The van der Waals surface area contributed by atoms with Gasteiger partial charge in [0.1, 0.15) is 5.82 Å². The normalized spacial score (nSPS) is 15.0. The second-order valence-corrected chi connectivity index (χ2v) is 7.75. The van der Waals surface area contributed by atoms with Gasteiger partial charge in [-0.2, -0.15) is 0 Å². The number of carbonyl (C=O) groups is 1. The van der Waals surface area contributed by atoms with Gasteiger partial charge >= 0.3 is 0 Å². The summed E-state index contributed by atoms with van der Waals surface area (Å²) in [6.45, 7) is 3.99. The van der Waals surface area contributed by atoms with E-state index in [9.17, 15) is 9.59 Å². The summed E-state index contributed by atoms with van der Waals surface area (Å²) < 4.78 is 0. The quantitative estimate of drug-likeness (QED) is 0.702. The standard InChI is InChI=1S/C22H23ClN4O2/c23-17-7-5-16(6-8-17)15-26-11-13-27(14-12-26)21(28)10-9-20-24-19-4-2-1-3-18(19)22(29)25-20/h1-8H,9-15H2,(H,24,25,29). The monoisotopic (exact) mass is 410 g/mol. The number of hydrogen-bond acceptors (Lipinski definition) is 4. The average Bonchev–Trinajstić information content (AvgIpc) is 2.74. The largest absolute Gasteiger partial charge is 0.340 e. The van der Waals surface area contributed by atoms with Crippen LogP contribution in [0.3, 0.4) is 0 Å². The van der Waals surface area contributed by atoms with Crippen molar-refractivity contribution in [1.29, 1.82) is 0 Å². The van der Waals surface area contributed by atoms with Gasteiger partial charge in [-0.05, 0) is 29.8 Å².